The van der Waals surface area contributed by atoms with Crippen molar-refractivity contribution in [2.24, 2.45) is 5.92 Å². The van der Waals surface area contributed by atoms with E-state index in [1.165, 1.54) is 0 Å². The van der Waals surface area contributed by atoms with E-state index in [1.54, 1.807) is 4.90 Å². The topological polar surface area (TPSA) is 49.9 Å². The molecule has 0 aromatic heterocycles. The van der Waals surface area contributed by atoms with Gasteiger partial charge in [-0.1, -0.05) is 30.4 Å². The second-order valence-corrected chi connectivity index (χ2v) is 6.74. The van der Waals surface area contributed by atoms with Crippen molar-refractivity contribution in [1.29, 1.82) is 0 Å². The summed E-state index contributed by atoms with van der Waals surface area (Å²) in [6, 6.07) is 7.68. The summed E-state index contributed by atoms with van der Waals surface area (Å²) >= 11 is 0. The highest BCUT2D eigenvalue weighted by atomic mass is 16.5. The predicted octanol–water partition coefficient (Wildman–Crippen LogP) is 2.40. The fourth-order valence-corrected chi connectivity index (χ4v) is 3.40. The van der Waals surface area contributed by atoms with Crippen LogP contribution in [0.2, 0.25) is 0 Å². The molecule has 1 aromatic rings. The van der Waals surface area contributed by atoms with Crippen LogP contribution in [-0.2, 0) is 9.59 Å². The molecule has 0 saturated carbocycles. The van der Waals surface area contributed by atoms with Crippen molar-refractivity contribution >= 4 is 11.8 Å². The molecule has 1 fully saturated rings. The van der Waals surface area contributed by atoms with Crippen molar-refractivity contribution < 1.29 is 14.3 Å². The van der Waals surface area contributed by atoms with E-state index in [9.17, 15) is 9.59 Å². The molecule has 5 heteroatoms. The van der Waals surface area contributed by atoms with Gasteiger partial charge < -0.3 is 14.5 Å². The van der Waals surface area contributed by atoms with Crippen LogP contribution in [0.5, 0.6) is 5.75 Å². The van der Waals surface area contributed by atoms with E-state index in [4.69, 9.17) is 4.74 Å². The van der Waals surface area contributed by atoms with Crippen molar-refractivity contribution in [2.45, 2.75) is 26.2 Å². The number of amides is 2. The van der Waals surface area contributed by atoms with E-state index < -0.39 is 0 Å². The largest absolute Gasteiger partial charge is 0.484 e. The molecule has 134 valence electrons. The number of ether oxygens (including phenoxy) is 1. The third-order valence-corrected chi connectivity index (χ3v) is 5.01. The molecule has 1 heterocycles. The molecule has 0 radical (unpaired) electrons. The van der Waals surface area contributed by atoms with Crippen molar-refractivity contribution in [3.63, 3.8) is 0 Å². The fourth-order valence-electron chi connectivity index (χ4n) is 3.40. The highest BCUT2D eigenvalue weighted by Crippen LogP contribution is 2.21. The van der Waals surface area contributed by atoms with Gasteiger partial charge in [0.25, 0.3) is 5.91 Å². The van der Waals surface area contributed by atoms with Crippen molar-refractivity contribution in [1.82, 2.24) is 9.80 Å². The van der Waals surface area contributed by atoms with Crippen LogP contribution in [0.25, 0.3) is 0 Å². The summed E-state index contributed by atoms with van der Waals surface area (Å²) in [6.45, 7) is 4.43. The number of piperazine rings is 1. The summed E-state index contributed by atoms with van der Waals surface area (Å²) in [5.41, 5.74) is 1.02. The van der Waals surface area contributed by atoms with Crippen molar-refractivity contribution in [2.75, 3.05) is 32.8 Å². The first-order chi connectivity index (χ1) is 12.1. The van der Waals surface area contributed by atoms with E-state index in [1.807, 2.05) is 36.1 Å². The minimum atomic E-state index is -0.0176. The molecule has 1 atom stereocenters. The van der Waals surface area contributed by atoms with Crippen LogP contribution in [0.3, 0.4) is 0 Å². The Morgan fingerprint density at radius 1 is 1.08 bits per heavy atom. The summed E-state index contributed by atoms with van der Waals surface area (Å²) in [7, 11) is 0. The van der Waals surface area contributed by atoms with E-state index in [0.29, 0.717) is 26.2 Å². The van der Waals surface area contributed by atoms with Gasteiger partial charge in [-0.3, -0.25) is 9.59 Å². The minimum Gasteiger partial charge on any atom is -0.484 e. The summed E-state index contributed by atoms with van der Waals surface area (Å²) < 4.78 is 5.64. The first-order valence-corrected chi connectivity index (χ1v) is 9.05. The smallest absolute Gasteiger partial charge is 0.260 e. The maximum atomic E-state index is 12.5. The summed E-state index contributed by atoms with van der Waals surface area (Å²) in [5, 5.41) is 0. The van der Waals surface area contributed by atoms with Gasteiger partial charge in [0.2, 0.25) is 5.91 Å². The van der Waals surface area contributed by atoms with Gasteiger partial charge in [0.15, 0.2) is 6.61 Å². The first-order valence-electron chi connectivity index (χ1n) is 9.05. The number of aryl methyl sites for hydroxylation is 1. The van der Waals surface area contributed by atoms with Gasteiger partial charge in [0.05, 0.1) is 0 Å². The average Bonchev–Trinajstić information content (AvgIpc) is 2.67. The van der Waals surface area contributed by atoms with Gasteiger partial charge in [0, 0.05) is 32.1 Å². The Morgan fingerprint density at radius 2 is 1.80 bits per heavy atom. The number of carbonyl (C=O) groups is 2. The molecule has 2 amide bonds. The second-order valence-electron chi connectivity index (χ2n) is 6.74. The standard InChI is InChI=1S/C20H26N2O3/c1-16-7-5-6-10-18(16)25-15-19(23)21-11-13-22(14-12-21)20(24)17-8-3-2-4-9-17/h2-3,5-7,10,17H,4,8-9,11-15H2,1H3/t17-/m0/s1. The molecule has 0 unspecified atom stereocenters. The Morgan fingerprint density at radius 3 is 2.48 bits per heavy atom. The average molecular weight is 342 g/mol. The maximum Gasteiger partial charge on any atom is 0.260 e. The van der Waals surface area contributed by atoms with E-state index >= 15 is 0 Å². The lowest BCUT2D eigenvalue weighted by atomic mass is 9.93. The van der Waals surface area contributed by atoms with Gasteiger partial charge >= 0.3 is 0 Å². The zero-order chi connectivity index (χ0) is 17.6. The third kappa shape index (κ3) is 4.41. The van der Waals surface area contributed by atoms with E-state index in [-0.39, 0.29) is 24.3 Å². The Balaban J connectivity index is 1.45. The van der Waals surface area contributed by atoms with Crippen LogP contribution >= 0.6 is 0 Å². The summed E-state index contributed by atoms with van der Waals surface area (Å²) in [6.07, 6.45) is 7.04. The van der Waals surface area contributed by atoms with Crippen LogP contribution in [0.1, 0.15) is 24.8 Å². The number of para-hydroxylation sites is 1. The molecule has 0 N–H and O–H groups in total. The first kappa shape index (κ1) is 17.5. The van der Waals surface area contributed by atoms with Crippen LogP contribution in [0, 0.1) is 12.8 Å². The van der Waals surface area contributed by atoms with Crippen LogP contribution in [0.15, 0.2) is 36.4 Å². The molecule has 0 bridgehead atoms. The summed E-state index contributed by atoms with van der Waals surface area (Å²) in [4.78, 5) is 28.6. The number of benzene rings is 1. The predicted molar refractivity (Wildman–Crippen MR) is 96.3 cm³/mol. The van der Waals surface area contributed by atoms with Gasteiger partial charge in [-0.2, -0.15) is 0 Å². The molecule has 2 aliphatic rings. The molecular formula is C20H26N2O3. The lowest BCUT2D eigenvalue weighted by molar-refractivity contribution is -0.143. The van der Waals surface area contributed by atoms with Gasteiger partial charge in [0.1, 0.15) is 5.75 Å². The molecule has 0 spiro atoms. The van der Waals surface area contributed by atoms with E-state index in [0.717, 1.165) is 30.6 Å². The summed E-state index contributed by atoms with van der Waals surface area (Å²) in [5.74, 6) is 1.09. The lowest BCUT2D eigenvalue weighted by Gasteiger charge is -2.36. The fraction of sp³-hybridized carbons (Fsp3) is 0.500. The van der Waals surface area contributed by atoms with Crippen LogP contribution in [0.4, 0.5) is 0 Å². The highest BCUT2D eigenvalue weighted by molar-refractivity contribution is 5.81. The van der Waals surface area contributed by atoms with Gasteiger partial charge in [-0.05, 0) is 37.8 Å². The quantitative estimate of drug-likeness (QED) is 0.790. The zero-order valence-corrected chi connectivity index (χ0v) is 14.8. The molecule has 1 aliphatic carbocycles. The van der Waals surface area contributed by atoms with Crippen molar-refractivity contribution in [3.05, 3.63) is 42.0 Å². The number of carbonyl (C=O) groups excluding carboxylic acids is 2. The molecular weight excluding hydrogens is 316 g/mol. The monoisotopic (exact) mass is 342 g/mol. The van der Waals surface area contributed by atoms with Crippen LogP contribution in [-0.4, -0.2) is 54.4 Å². The number of hydrogen-bond acceptors (Lipinski definition) is 3. The number of allylic oxidation sites excluding steroid dienone is 2. The van der Waals surface area contributed by atoms with Gasteiger partial charge in [-0.15, -0.1) is 0 Å². The molecule has 1 aromatic carbocycles. The molecule has 3 rings (SSSR count). The lowest BCUT2D eigenvalue weighted by Crippen LogP contribution is -2.52. The van der Waals surface area contributed by atoms with Gasteiger partial charge in [-0.25, -0.2) is 0 Å². The Bertz CT molecular complexity index is 648. The third-order valence-electron chi connectivity index (χ3n) is 5.01. The Kier molecular flexibility index (Phi) is 5.74. The molecule has 5 nitrogen and oxygen atoms in total. The molecule has 1 saturated heterocycles. The van der Waals surface area contributed by atoms with Crippen LogP contribution < -0.4 is 4.74 Å². The number of hydrogen-bond donors (Lipinski definition) is 0. The van der Waals surface area contributed by atoms with E-state index in [2.05, 4.69) is 12.2 Å². The zero-order valence-electron chi connectivity index (χ0n) is 14.8. The second kappa shape index (κ2) is 8.19. The van der Waals surface area contributed by atoms with Crippen molar-refractivity contribution in [3.8, 4) is 5.75 Å². The molecule has 25 heavy (non-hydrogen) atoms. The Labute approximate surface area is 149 Å². The SMILES string of the molecule is Cc1ccccc1OCC(=O)N1CCN(C(=O)[C@H]2CC=CCC2)CC1. The highest BCUT2D eigenvalue weighted by Gasteiger charge is 2.28. The minimum absolute atomic E-state index is 0.0176. The number of nitrogens with zero attached hydrogens (tertiary/aromatic N) is 2. The maximum absolute atomic E-state index is 12.5. The number of rotatable bonds is 4. The normalized spacial score (nSPS) is 20.4. The molecule has 1 aliphatic heterocycles. The Hall–Kier alpha value is -2.30.